The molecule has 0 fully saturated rings. The maximum atomic E-state index is 11.0. The van der Waals surface area contributed by atoms with Crippen molar-refractivity contribution in [1.29, 1.82) is 0 Å². The monoisotopic (exact) mass is 199 g/mol. The van der Waals surface area contributed by atoms with Crippen LogP contribution in [0.25, 0.3) is 0 Å². The second kappa shape index (κ2) is 6.18. The zero-order chi connectivity index (χ0) is 11.1. The standard InChI is InChI=1S/C10H17NO3/c1-7(2)8(3)6-11-9(12)4-5-10(13)14/h4-5,7-8H,6H2,1-3H3,(H,11,12)(H,13,14). The Morgan fingerprint density at radius 3 is 2.29 bits per heavy atom. The molecule has 80 valence electrons. The van der Waals surface area contributed by atoms with Crippen molar-refractivity contribution >= 4 is 11.9 Å². The van der Waals surface area contributed by atoms with Crippen LogP contribution in [0, 0.1) is 11.8 Å². The van der Waals surface area contributed by atoms with E-state index >= 15 is 0 Å². The molecule has 0 aromatic carbocycles. The average Bonchev–Trinajstić information content (AvgIpc) is 2.10. The molecule has 0 aliphatic rings. The first-order chi connectivity index (χ1) is 6.43. The second-order valence-corrected chi connectivity index (χ2v) is 3.64. The average molecular weight is 199 g/mol. The highest BCUT2D eigenvalue weighted by molar-refractivity contribution is 5.93. The van der Waals surface area contributed by atoms with Gasteiger partial charge in [-0.3, -0.25) is 4.79 Å². The molecular weight excluding hydrogens is 182 g/mol. The van der Waals surface area contributed by atoms with Crippen LogP contribution in [-0.2, 0) is 9.59 Å². The maximum Gasteiger partial charge on any atom is 0.328 e. The van der Waals surface area contributed by atoms with Crippen LogP contribution in [0.2, 0.25) is 0 Å². The van der Waals surface area contributed by atoms with E-state index in [1.165, 1.54) is 0 Å². The summed E-state index contributed by atoms with van der Waals surface area (Å²) in [6, 6.07) is 0. The number of nitrogens with one attached hydrogen (secondary N) is 1. The number of hydrogen-bond donors (Lipinski definition) is 2. The van der Waals surface area contributed by atoms with E-state index in [9.17, 15) is 9.59 Å². The van der Waals surface area contributed by atoms with Crippen molar-refractivity contribution in [2.75, 3.05) is 6.54 Å². The van der Waals surface area contributed by atoms with E-state index < -0.39 is 5.97 Å². The Kier molecular flexibility index (Phi) is 5.60. The summed E-state index contributed by atoms with van der Waals surface area (Å²) in [5.41, 5.74) is 0. The Bertz CT molecular complexity index is 234. The predicted molar refractivity (Wildman–Crippen MR) is 53.8 cm³/mol. The first kappa shape index (κ1) is 12.7. The number of carbonyl (C=O) groups excluding carboxylic acids is 1. The second-order valence-electron chi connectivity index (χ2n) is 3.64. The highest BCUT2D eigenvalue weighted by atomic mass is 16.4. The molecule has 14 heavy (non-hydrogen) atoms. The van der Waals surface area contributed by atoms with Crippen LogP contribution in [0.15, 0.2) is 12.2 Å². The van der Waals surface area contributed by atoms with Gasteiger partial charge in [0.25, 0.3) is 0 Å². The SMILES string of the molecule is CC(C)C(C)CNC(=O)C=CC(=O)O. The number of aliphatic carboxylic acids is 1. The number of carboxylic acids is 1. The molecule has 0 aliphatic heterocycles. The zero-order valence-corrected chi connectivity index (χ0v) is 8.78. The molecule has 0 aliphatic carbocycles. The molecule has 0 radical (unpaired) electrons. The lowest BCUT2D eigenvalue weighted by molar-refractivity contribution is -0.131. The highest BCUT2D eigenvalue weighted by Gasteiger charge is 2.07. The minimum Gasteiger partial charge on any atom is -0.478 e. The third-order valence-corrected chi connectivity index (χ3v) is 2.11. The fraction of sp³-hybridized carbons (Fsp3) is 0.600. The Balaban J connectivity index is 3.80. The van der Waals surface area contributed by atoms with Crippen LogP contribution < -0.4 is 5.32 Å². The fourth-order valence-corrected chi connectivity index (χ4v) is 0.703. The predicted octanol–water partition coefficient (Wildman–Crippen LogP) is 1.04. The van der Waals surface area contributed by atoms with E-state index in [0.717, 1.165) is 12.2 Å². The van der Waals surface area contributed by atoms with Gasteiger partial charge in [0.2, 0.25) is 5.91 Å². The molecule has 0 aromatic rings. The zero-order valence-electron chi connectivity index (χ0n) is 8.78. The van der Waals surface area contributed by atoms with Gasteiger partial charge < -0.3 is 10.4 Å². The molecule has 0 heterocycles. The molecule has 1 amide bonds. The number of carbonyl (C=O) groups is 2. The lowest BCUT2D eigenvalue weighted by Gasteiger charge is -2.14. The molecule has 1 unspecified atom stereocenters. The highest BCUT2D eigenvalue weighted by Crippen LogP contribution is 2.07. The Morgan fingerprint density at radius 1 is 1.29 bits per heavy atom. The van der Waals surface area contributed by atoms with Gasteiger partial charge in [-0.25, -0.2) is 4.79 Å². The number of carboxylic acid groups (broad SMARTS) is 1. The first-order valence-electron chi connectivity index (χ1n) is 4.62. The fourth-order valence-electron chi connectivity index (χ4n) is 0.703. The molecule has 1 atom stereocenters. The molecule has 0 spiro atoms. The maximum absolute atomic E-state index is 11.0. The Hall–Kier alpha value is -1.32. The minimum atomic E-state index is -1.11. The Labute approximate surface area is 84.0 Å². The summed E-state index contributed by atoms with van der Waals surface area (Å²) < 4.78 is 0. The smallest absolute Gasteiger partial charge is 0.328 e. The van der Waals surface area contributed by atoms with Gasteiger partial charge in [-0.2, -0.15) is 0 Å². The van der Waals surface area contributed by atoms with Crippen molar-refractivity contribution in [3.05, 3.63) is 12.2 Å². The molecule has 2 N–H and O–H groups in total. The quantitative estimate of drug-likeness (QED) is 0.650. The third-order valence-electron chi connectivity index (χ3n) is 2.11. The summed E-state index contributed by atoms with van der Waals surface area (Å²) in [5.74, 6) is -0.590. The van der Waals surface area contributed by atoms with E-state index in [1.807, 2.05) is 6.92 Å². The number of hydrogen-bond acceptors (Lipinski definition) is 2. The van der Waals surface area contributed by atoms with Crippen LogP contribution in [-0.4, -0.2) is 23.5 Å². The van der Waals surface area contributed by atoms with Crippen molar-refractivity contribution < 1.29 is 14.7 Å². The van der Waals surface area contributed by atoms with Crippen LogP contribution >= 0.6 is 0 Å². The van der Waals surface area contributed by atoms with Gasteiger partial charge in [0.05, 0.1) is 0 Å². The largest absolute Gasteiger partial charge is 0.478 e. The molecule has 0 rings (SSSR count). The van der Waals surface area contributed by atoms with Crippen molar-refractivity contribution in [3.8, 4) is 0 Å². The molecule has 0 bridgehead atoms. The minimum absolute atomic E-state index is 0.361. The summed E-state index contributed by atoms with van der Waals surface area (Å²) in [7, 11) is 0. The molecule has 0 aromatic heterocycles. The normalized spacial score (nSPS) is 13.1. The van der Waals surface area contributed by atoms with Gasteiger partial charge in [0.15, 0.2) is 0 Å². The first-order valence-corrected chi connectivity index (χ1v) is 4.62. The summed E-state index contributed by atoms with van der Waals surface area (Å²) in [5, 5.41) is 10.9. The third kappa shape index (κ3) is 6.22. The number of rotatable bonds is 5. The molecule has 0 saturated heterocycles. The van der Waals surface area contributed by atoms with Crippen LogP contribution in [0.5, 0.6) is 0 Å². The van der Waals surface area contributed by atoms with E-state index in [-0.39, 0.29) is 5.91 Å². The molecular formula is C10H17NO3. The van der Waals surface area contributed by atoms with E-state index in [0.29, 0.717) is 18.4 Å². The number of amides is 1. The van der Waals surface area contributed by atoms with Gasteiger partial charge in [-0.05, 0) is 11.8 Å². The van der Waals surface area contributed by atoms with Gasteiger partial charge in [0.1, 0.15) is 0 Å². The molecule has 4 nitrogen and oxygen atoms in total. The van der Waals surface area contributed by atoms with Crippen LogP contribution in [0.1, 0.15) is 20.8 Å². The lowest BCUT2D eigenvalue weighted by atomic mass is 9.98. The molecule has 4 heteroatoms. The van der Waals surface area contributed by atoms with Crippen molar-refractivity contribution in [2.24, 2.45) is 11.8 Å². The summed E-state index contributed by atoms with van der Waals surface area (Å²) in [6.07, 6.45) is 1.85. The lowest BCUT2D eigenvalue weighted by Crippen LogP contribution is -2.28. The molecule has 0 saturated carbocycles. The van der Waals surface area contributed by atoms with Crippen LogP contribution in [0.4, 0.5) is 0 Å². The van der Waals surface area contributed by atoms with E-state index in [2.05, 4.69) is 19.2 Å². The van der Waals surface area contributed by atoms with Crippen molar-refractivity contribution in [2.45, 2.75) is 20.8 Å². The van der Waals surface area contributed by atoms with Gasteiger partial charge in [-0.15, -0.1) is 0 Å². The van der Waals surface area contributed by atoms with Crippen LogP contribution in [0.3, 0.4) is 0 Å². The van der Waals surface area contributed by atoms with E-state index in [1.54, 1.807) is 0 Å². The van der Waals surface area contributed by atoms with E-state index in [4.69, 9.17) is 5.11 Å². The van der Waals surface area contributed by atoms with Gasteiger partial charge in [-0.1, -0.05) is 20.8 Å². The van der Waals surface area contributed by atoms with Gasteiger partial charge >= 0.3 is 5.97 Å². The summed E-state index contributed by atoms with van der Waals surface area (Å²) in [4.78, 5) is 21.1. The summed E-state index contributed by atoms with van der Waals surface area (Å²) in [6.45, 7) is 6.75. The van der Waals surface area contributed by atoms with Crippen molar-refractivity contribution in [3.63, 3.8) is 0 Å². The summed E-state index contributed by atoms with van der Waals surface area (Å²) >= 11 is 0. The van der Waals surface area contributed by atoms with Crippen molar-refractivity contribution in [1.82, 2.24) is 5.32 Å². The topological polar surface area (TPSA) is 66.4 Å². The Morgan fingerprint density at radius 2 is 1.86 bits per heavy atom. The van der Waals surface area contributed by atoms with Gasteiger partial charge in [0, 0.05) is 18.7 Å².